The second kappa shape index (κ2) is 6.20. The van der Waals surface area contributed by atoms with Crippen LogP contribution < -0.4 is 10.3 Å². The number of carbonyl (C=O) groups is 2. The lowest BCUT2D eigenvalue weighted by Crippen LogP contribution is -2.41. The van der Waals surface area contributed by atoms with Crippen molar-refractivity contribution in [3.05, 3.63) is 27.7 Å². The molecule has 0 aliphatic carbocycles. The Bertz CT molecular complexity index is 658. The highest BCUT2D eigenvalue weighted by Crippen LogP contribution is 2.27. The van der Waals surface area contributed by atoms with Crippen LogP contribution in [0.25, 0.3) is 0 Å². The Morgan fingerprint density at radius 2 is 1.95 bits per heavy atom. The quantitative estimate of drug-likeness (QED) is 0.683. The van der Waals surface area contributed by atoms with Crippen molar-refractivity contribution >= 4 is 38.0 Å². The molecule has 8 nitrogen and oxygen atoms in total. The van der Waals surface area contributed by atoms with E-state index in [0.29, 0.717) is 5.56 Å². The number of halogens is 1. The molecule has 0 bridgehead atoms. The number of carboxylic acids is 1. The first-order valence-corrected chi connectivity index (χ1v) is 7.36. The second-order valence-corrected chi connectivity index (χ2v) is 6.08. The minimum atomic E-state index is -4.15. The fourth-order valence-corrected chi connectivity index (χ4v) is 3.15. The third-order valence-electron chi connectivity index (χ3n) is 2.23. The van der Waals surface area contributed by atoms with Crippen molar-refractivity contribution in [2.45, 2.75) is 11.8 Å². The Hall–Kier alpha value is -1.65. The van der Waals surface area contributed by atoms with E-state index >= 15 is 0 Å². The maximum atomic E-state index is 12.0. The summed E-state index contributed by atoms with van der Waals surface area (Å²) < 4.78 is 28.4. The van der Waals surface area contributed by atoms with E-state index in [4.69, 9.17) is 5.11 Å². The number of aromatic carboxylic acids is 1. The SMILES string of the molecule is COC(=O)NNS(=O)(=O)c1cc(C(=O)O)cc(C)c1Br. The van der Waals surface area contributed by atoms with Gasteiger partial charge in [0.05, 0.1) is 17.6 Å². The lowest BCUT2D eigenvalue weighted by atomic mass is 10.1. The number of sulfonamides is 1. The highest BCUT2D eigenvalue weighted by atomic mass is 79.9. The number of rotatable bonds is 4. The first kappa shape index (κ1) is 16.4. The molecule has 0 atom stereocenters. The molecule has 0 heterocycles. The molecule has 0 saturated heterocycles. The van der Waals surface area contributed by atoms with Crippen molar-refractivity contribution in [3.8, 4) is 0 Å². The number of methoxy groups -OCH3 is 1. The van der Waals surface area contributed by atoms with Crippen molar-refractivity contribution < 1.29 is 27.9 Å². The minimum absolute atomic E-state index is 0.191. The van der Waals surface area contributed by atoms with E-state index in [1.165, 1.54) is 6.07 Å². The molecule has 0 aliphatic heterocycles. The van der Waals surface area contributed by atoms with Gasteiger partial charge in [0.2, 0.25) is 0 Å². The monoisotopic (exact) mass is 366 g/mol. The van der Waals surface area contributed by atoms with Crippen molar-refractivity contribution in [1.82, 2.24) is 10.3 Å². The predicted molar refractivity (Wildman–Crippen MR) is 71.7 cm³/mol. The molecule has 1 rings (SSSR count). The number of aryl methyl sites for hydroxylation is 1. The first-order chi connectivity index (χ1) is 9.19. The summed E-state index contributed by atoms with van der Waals surface area (Å²) in [4.78, 5) is 23.3. The zero-order valence-electron chi connectivity index (χ0n) is 10.4. The molecule has 1 aromatic carbocycles. The Kier molecular flexibility index (Phi) is 5.09. The van der Waals surface area contributed by atoms with E-state index in [1.54, 1.807) is 17.2 Å². The van der Waals surface area contributed by atoms with Crippen LogP contribution in [0, 0.1) is 6.92 Å². The fourth-order valence-electron chi connectivity index (χ4n) is 1.27. The van der Waals surface area contributed by atoms with Crippen LogP contribution in [-0.4, -0.2) is 32.7 Å². The van der Waals surface area contributed by atoms with E-state index in [0.717, 1.165) is 13.2 Å². The number of ether oxygens (including phenoxy) is 1. The molecular formula is C10H11BrN2O6S. The summed E-state index contributed by atoms with van der Waals surface area (Å²) in [5.41, 5.74) is 2.03. The number of hydrogen-bond acceptors (Lipinski definition) is 5. The van der Waals surface area contributed by atoms with Gasteiger partial charge in [-0.3, -0.25) is 0 Å². The van der Waals surface area contributed by atoms with Crippen molar-refractivity contribution in [2.24, 2.45) is 0 Å². The van der Waals surface area contributed by atoms with E-state index in [9.17, 15) is 18.0 Å². The van der Waals surface area contributed by atoms with Gasteiger partial charge in [-0.2, -0.15) is 0 Å². The first-order valence-electron chi connectivity index (χ1n) is 5.08. The van der Waals surface area contributed by atoms with Crippen LogP contribution in [0.2, 0.25) is 0 Å². The Morgan fingerprint density at radius 1 is 1.35 bits per heavy atom. The zero-order valence-corrected chi connectivity index (χ0v) is 12.8. The molecule has 10 heteroatoms. The smallest absolute Gasteiger partial charge is 0.422 e. The summed E-state index contributed by atoms with van der Waals surface area (Å²) in [7, 11) is -3.08. The summed E-state index contributed by atoms with van der Waals surface area (Å²) in [5.74, 6) is -1.27. The summed E-state index contributed by atoms with van der Waals surface area (Å²) in [6.45, 7) is 1.54. The maximum Gasteiger partial charge on any atom is 0.422 e. The lowest BCUT2D eigenvalue weighted by Gasteiger charge is -2.11. The minimum Gasteiger partial charge on any atom is -0.478 e. The van der Waals surface area contributed by atoms with Crippen LogP contribution in [0.15, 0.2) is 21.5 Å². The number of benzene rings is 1. The van der Waals surface area contributed by atoms with Crippen LogP contribution in [0.5, 0.6) is 0 Å². The highest BCUT2D eigenvalue weighted by molar-refractivity contribution is 9.10. The van der Waals surface area contributed by atoms with Gasteiger partial charge in [0, 0.05) is 4.47 Å². The van der Waals surface area contributed by atoms with Gasteiger partial charge in [-0.15, -0.1) is 4.83 Å². The molecule has 0 aromatic heterocycles. The molecule has 3 N–H and O–H groups in total. The lowest BCUT2D eigenvalue weighted by molar-refractivity contribution is 0.0696. The summed E-state index contributed by atoms with van der Waals surface area (Å²) in [6.07, 6.45) is -1.00. The number of nitrogens with one attached hydrogen (secondary N) is 2. The molecule has 0 fully saturated rings. The number of hydrazine groups is 1. The average molecular weight is 367 g/mol. The van der Waals surface area contributed by atoms with Crippen molar-refractivity contribution in [2.75, 3.05) is 7.11 Å². The number of hydrogen-bond donors (Lipinski definition) is 3. The van der Waals surface area contributed by atoms with Crippen LogP contribution in [0.3, 0.4) is 0 Å². The standard InChI is InChI=1S/C10H11BrN2O6S/c1-5-3-6(9(14)15)4-7(8(5)11)20(17,18)13-12-10(16)19-2/h3-4,13H,1-2H3,(H,12,16)(H,14,15). The third-order valence-corrected chi connectivity index (χ3v) is 4.82. The molecule has 0 aliphatic rings. The summed E-state index contributed by atoms with van der Waals surface area (Å²) >= 11 is 3.07. The fraction of sp³-hybridized carbons (Fsp3) is 0.200. The molecule has 0 radical (unpaired) electrons. The second-order valence-electron chi connectivity index (χ2n) is 3.63. The third kappa shape index (κ3) is 3.68. The number of amides is 1. The molecule has 110 valence electrons. The number of carbonyl (C=O) groups excluding carboxylic acids is 1. The summed E-state index contributed by atoms with van der Waals surface area (Å²) in [6, 6.07) is 2.29. The molecule has 0 spiro atoms. The van der Waals surface area contributed by atoms with Gasteiger partial charge in [-0.1, -0.05) is 0 Å². The van der Waals surface area contributed by atoms with E-state index in [1.807, 2.05) is 0 Å². The molecule has 1 aromatic rings. The van der Waals surface area contributed by atoms with Gasteiger partial charge in [0.15, 0.2) is 0 Å². The molecular weight excluding hydrogens is 356 g/mol. The van der Waals surface area contributed by atoms with E-state index in [-0.39, 0.29) is 14.9 Å². The normalized spacial score (nSPS) is 10.9. The van der Waals surface area contributed by atoms with Gasteiger partial charge in [-0.05, 0) is 40.5 Å². The van der Waals surface area contributed by atoms with Crippen molar-refractivity contribution in [3.63, 3.8) is 0 Å². The van der Waals surface area contributed by atoms with Crippen LogP contribution in [0.1, 0.15) is 15.9 Å². The van der Waals surface area contributed by atoms with Gasteiger partial charge in [-0.25, -0.2) is 23.4 Å². The Morgan fingerprint density at radius 3 is 2.45 bits per heavy atom. The largest absolute Gasteiger partial charge is 0.478 e. The van der Waals surface area contributed by atoms with Crippen molar-refractivity contribution in [1.29, 1.82) is 0 Å². The van der Waals surface area contributed by atoms with Gasteiger partial charge < -0.3 is 9.84 Å². The van der Waals surface area contributed by atoms with Crippen LogP contribution in [0.4, 0.5) is 4.79 Å². The molecule has 1 amide bonds. The van der Waals surface area contributed by atoms with Gasteiger partial charge in [0.25, 0.3) is 10.0 Å². The summed E-state index contributed by atoms with van der Waals surface area (Å²) in [5, 5.41) is 8.93. The van der Waals surface area contributed by atoms with Crippen LogP contribution >= 0.6 is 15.9 Å². The number of carboxylic acid groups (broad SMARTS) is 1. The van der Waals surface area contributed by atoms with Gasteiger partial charge >= 0.3 is 12.1 Å². The maximum absolute atomic E-state index is 12.0. The molecule has 0 unspecified atom stereocenters. The van der Waals surface area contributed by atoms with E-state index in [2.05, 4.69) is 20.7 Å². The average Bonchev–Trinajstić information content (AvgIpc) is 2.38. The molecule has 0 saturated carbocycles. The Labute approximate surface area is 123 Å². The molecule has 20 heavy (non-hydrogen) atoms. The van der Waals surface area contributed by atoms with Crippen LogP contribution in [-0.2, 0) is 14.8 Å². The highest BCUT2D eigenvalue weighted by Gasteiger charge is 2.22. The van der Waals surface area contributed by atoms with E-state index < -0.39 is 22.1 Å². The zero-order chi connectivity index (χ0) is 15.5. The Balaban J connectivity index is 3.23. The van der Waals surface area contributed by atoms with Gasteiger partial charge in [0.1, 0.15) is 0 Å². The predicted octanol–water partition coefficient (Wildman–Crippen LogP) is 1.01. The topological polar surface area (TPSA) is 122 Å².